The molecule has 0 aromatic carbocycles. The average molecular weight is 534 g/mol. The smallest absolute Gasteiger partial charge is 0.423 e. The number of rotatable bonds is 5. The van der Waals surface area contributed by atoms with Gasteiger partial charge in [-0.05, 0) is 25.3 Å². The number of pyridine rings is 1. The minimum absolute atomic E-state index is 0.0659. The van der Waals surface area contributed by atoms with E-state index in [1.165, 1.54) is 0 Å². The third-order valence-corrected chi connectivity index (χ3v) is 7.04. The molecule has 2 aliphatic rings. The summed E-state index contributed by atoms with van der Waals surface area (Å²) in [5.41, 5.74) is 9.30. The first kappa shape index (κ1) is 26.9. The number of aromatic nitrogens is 3. The largest absolute Gasteiger partial charge is 0.469 e. The van der Waals surface area contributed by atoms with Gasteiger partial charge < -0.3 is 20.5 Å². The van der Waals surface area contributed by atoms with Crippen LogP contribution in [0.25, 0.3) is 0 Å². The van der Waals surface area contributed by atoms with Crippen molar-refractivity contribution in [1.82, 2.24) is 9.97 Å². The molecule has 3 heterocycles. The predicted molar refractivity (Wildman–Crippen MR) is 136 cm³/mol. The Morgan fingerprint density at radius 1 is 1.27 bits per heavy atom. The van der Waals surface area contributed by atoms with Crippen LogP contribution in [-0.2, 0) is 10.9 Å². The summed E-state index contributed by atoms with van der Waals surface area (Å²) in [5.74, 6) is 3.48. The lowest BCUT2D eigenvalue weighted by molar-refractivity contribution is -0.546. The molecule has 0 bridgehead atoms. The molecule has 1 saturated heterocycles. The van der Waals surface area contributed by atoms with Gasteiger partial charge in [-0.3, -0.25) is 0 Å². The number of nitrogens with two attached hydrogens (primary N) is 1. The Kier molecular flexibility index (Phi) is 7.75. The number of hydrogen-bond donors (Lipinski definition) is 3. The van der Waals surface area contributed by atoms with Gasteiger partial charge in [0.05, 0.1) is 30.9 Å². The summed E-state index contributed by atoms with van der Waals surface area (Å²) in [6, 6.07) is 3.49. The van der Waals surface area contributed by atoms with Crippen molar-refractivity contribution in [3.63, 3.8) is 0 Å². The monoisotopic (exact) mass is 533 g/mol. The number of nitrogens with one attached hydrogen (secondary N) is 2. The maximum atomic E-state index is 13.4. The molecule has 8 nitrogen and oxygen atoms in total. The fraction of sp³-hybridized carbons (Fsp3) is 0.520. The minimum Gasteiger partial charge on any atom is -0.469 e. The highest BCUT2D eigenvalue weighted by atomic mass is 28.3. The SMILES string of the molecule is C[Si](C)(C)C#Cc1ccc(N)[n+](C(=N)[C@H]2CCC[C@@H](Nc3ncc(C(F)(F)F)c(OC4COC4)n3)C2)c1. The van der Waals surface area contributed by atoms with Crippen molar-refractivity contribution in [2.45, 2.75) is 63.6 Å². The number of nitrogens with zero attached hydrogens (tertiary/aromatic N) is 3. The minimum atomic E-state index is -4.63. The standard InChI is InChI=1S/C25H31F3N6O2Si/c1-37(2,3)10-9-16-7-8-21(29)34(13-16)22(30)17-5-4-6-18(11-17)32-24-31-12-20(25(26,27)28)23(33-24)36-19-14-35-15-19/h7-8,12-13,17-19,29-30H,4-6,11,14-15H2,1-3H3,(H,31,32,33)/p+1/t17-,18+/m0/s1. The molecule has 1 aliphatic carbocycles. The summed E-state index contributed by atoms with van der Waals surface area (Å²) in [6.45, 7) is 6.95. The van der Waals surface area contributed by atoms with E-state index >= 15 is 0 Å². The van der Waals surface area contributed by atoms with Gasteiger partial charge in [0.1, 0.15) is 19.7 Å². The highest BCUT2D eigenvalue weighted by Crippen LogP contribution is 2.36. The lowest BCUT2D eigenvalue weighted by Crippen LogP contribution is -2.50. The molecule has 4 N–H and O–H groups in total. The molecule has 2 aromatic heterocycles. The normalized spacial score (nSPS) is 20.4. The lowest BCUT2D eigenvalue weighted by atomic mass is 9.84. The summed E-state index contributed by atoms with van der Waals surface area (Å²) in [7, 11) is -1.56. The number of hydrogen-bond acceptors (Lipinski definition) is 7. The topological polar surface area (TPSA) is 110 Å². The van der Waals surface area contributed by atoms with Gasteiger partial charge in [-0.25, -0.2) is 9.55 Å². The molecule has 12 heteroatoms. The van der Waals surface area contributed by atoms with Crippen LogP contribution in [0.1, 0.15) is 36.8 Å². The number of alkyl halides is 3. The van der Waals surface area contributed by atoms with E-state index in [-0.39, 0.29) is 31.1 Å². The van der Waals surface area contributed by atoms with Gasteiger partial charge in [-0.15, -0.1) is 5.54 Å². The Morgan fingerprint density at radius 2 is 2.03 bits per heavy atom. The molecule has 2 fully saturated rings. The molecule has 0 unspecified atom stereocenters. The van der Waals surface area contributed by atoms with Crippen molar-refractivity contribution in [2.24, 2.45) is 5.92 Å². The van der Waals surface area contributed by atoms with E-state index in [0.717, 1.165) is 31.0 Å². The molecule has 0 amide bonds. The molecule has 0 radical (unpaired) electrons. The van der Waals surface area contributed by atoms with E-state index in [2.05, 4.69) is 46.4 Å². The van der Waals surface area contributed by atoms with Crippen LogP contribution in [-0.4, -0.2) is 49.2 Å². The summed E-state index contributed by atoms with van der Waals surface area (Å²) in [5, 5.41) is 12.0. The van der Waals surface area contributed by atoms with Crippen molar-refractivity contribution < 1.29 is 27.2 Å². The zero-order valence-corrected chi connectivity index (χ0v) is 22.2. The number of ether oxygens (including phenoxy) is 2. The van der Waals surface area contributed by atoms with Crippen LogP contribution < -0.4 is 20.4 Å². The third-order valence-electron chi connectivity index (χ3n) is 6.16. The van der Waals surface area contributed by atoms with E-state index in [1.54, 1.807) is 16.8 Å². The molecule has 0 spiro atoms. The molecule has 198 valence electrons. The molecule has 1 saturated carbocycles. The number of nitrogen functional groups attached to an aromatic ring is 1. The van der Waals surface area contributed by atoms with Crippen molar-refractivity contribution in [3.05, 3.63) is 35.7 Å². The molecule has 37 heavy (non-hydrogen) atoms. The summed E-state index contributed by atoms with van der Waals surface area (Å²) in [6.07, 6.45) is 0.467. The van der Waals surface area contributed by atoms with E-state index in [1.807, 2.05) is 6.07 Å². The Balaban J connectivity index is 1.48. The third kappa shape index (κ3) is 6.99. The lowest BCUT2D eigenvalue weighted by Gasteiger charge is -2.29. The second-order valence-electron chi connectivity index (χ2n) is 10.5. The van der Waals surface area contributed by atoms with E-state index in [0.29, 0.717) is 18.1 Å². The van der Waals surface area contributed by atoms with Crippen molar-refractivity contribution in [3.8, 4) is 17.3 Å². The van der Waals surface area contributed by atoms with Crippen LogP contribution in [0.2, 0.25) is 19.6 Å². The molecular formula is C25H32F3N6O2Si+. The van der Waals surface area contributed by atoms with Gasteiger partial charge in [0.15, 0.2) is 0 Å². The van der Waals surface area contributed by atoms with Gasteiger partial charge in [-0.2, -0.15) is 23.6 Å². The molecule has 2 atom stereocenters. The van der Waals surface area contributed by atoms with Crippen molar-refractivity contribution in [2.75, 3.05) is 24.3 Å². The number of halogens is 3. The van der Waals surface area contributed by atoms with Crippen LogP contribution in [0.15, 0.2) is 24.5 Å². The van der Waals surface area contributed by atoms with Crippen molar-refractivity contribution in [1.29, 1.82) is 5.41 Å². The predicted octanol–water partition coefficient (Wildman–Crippen LogP) is 3.87. The zero-order chi connectivity index (χ0) is 26.8. The highest BCUT2D eigenvalue weighted by molar-refractivity contribution is 6.83. The van der Waals surface area contributed by atoms with Gasteiger partial charge in [0.25, 0.3) is 0 Å². The van der Waals surface area contributed by atoms with E-state index in [4.69, 9.17) is 20.6 Å². The molecular weight excluding hydrogens is 501 g/mol. The summed E-state index contributed by atoms with van der Waals surface area (Å²) < 4.78 is 52.4. The quantitative estimate of drug-likeness (QED) is 0.177. The second kappa shape index (κ2) is 10.7. The fourth-order valence-corrected chi connectivity index (χ4v) is 4.68. The van der Waals surface area contributed by atoms with Crippen LogP contribution in [0.5, 0.6) is 5.88 Å². The van der Waals surface area contributed by atoms with Gasteiger partial charge in [0.2, 0.25) is 23.5 Å². The molecule has 2 aromatic rings. The zero-order valence-electron chi connectivity index (χ0n) is 21.2. The maximum absolute atomic E-state index is 13.4. The van der Waals surface area contributed by atoms with Crippen LogP contribution in [0.4, 0.5) is 24.9 Å². The molecule has 1 aliphatic heterocycles. The van der Waals surface area contributed by atoms with Crippen LogP contribution in [0.3, 0.4) is 0 Å². The summed E-state index contributed by atoms with van der Waals surface area (Å²) >= 11 is 0. The average Bonchev–Trinajstić information content (AvgIpc) is 2.79. The highest BCUT2D eigenvalue weighted by Gasteiger charge is 2.38. The van der Waals surface area contributed by atoms with Crippen LogP contribution in [0, 0.1) is 22.8 Å². The van der Waals surface area contributed by atoms with Gasteiger partial charge >= 0.3 is 6.18 Å². The number of anilines is 2. The van der Waals surface area contributed by atoms with E-state index < -0.39 is 31.8 Å². The van der Waals surface area contributed by atoms with Gasteiger partial charge in [-0.1, -0.05) is 32.0 Å². The Bertz CT molecular complexity index is 1220. The second-order valence-corrected chi connectivity index (χ2v) is 15.2. The maximum Gasteiger partial charge on any atom is 0.423 e. The summed E-state index contributed by atoms with van der Waals surface area (Å²) in [4.78, 5) is 7.94. The van der Waals surface area contributed by atoms with E-state index in [9.17, 15) is 13.2 Å². The fourth-order valence-electron chi connectivity index (χ4n) is 4.16. The first-order valence-electron chi connectivity index (χ1n) is 12.3. The Morgan fingerprint density at radius 3 is 2.68 bits per heavy atom. The van der Waals surface area contributed by atoms with Crippen molar-refractivity contribution >= 4 is 25.7 Å². The molecule has 4 rings (SSSR count). The Hall–Kier alpha value is -3.17. The van der Waals surface area contributed by atoms with Crippen LogP contribution >= 0.6 is 0 Å². The Labute approximate surface area is 215 Å². The first-order valence-corrected chi connectivity index (χ1v) is 15.8. The first-order chi connectivity index (χ1) is 17.4. The van der Waals surface area contributed by atoms with Gasteiger partial charge in [0, 0.05) is 18.3 Å².